The zero-order chi connectivity index (χ0) is 12.7. The maximum absolute atomic E-state index is 10.5. The first-order chi connectivity index (χ1) is 8.09. The van der Waals surface area contributed by atoms with Gasteiger partial charge in [0, 0.05) is 12.6 Å². The summed E-state index contributed by atoms with van der Waals surface area (Å²) in [5.41, 5.74) is 11.1. The third-order valence-electron chi connectivity index (χ3n) is 3.00. The van der Waals surface area contributed by atoms with Crippen molar-refractivity contribution >= 4 is 11.9 Å². The molecule has 0 bridgehead atoms. The fourth-order valence-corrected chi connectivity index (χ4v) is 1.95. The number of hydrogen-bond donors (Lipinski definition) is 4. The van der Waals surface area contributed by atoms with Crippen LogP contribution in [0.4, 0.5) is 0 Å². The standard InChI is InChI=1S/C11H22N4O2/c12-9(10(16)17)6-7-14-11(13)15-8-4-2-1-3-5-8/h8-9H,1-7,12H2,(H,16,17)(H3,13,14,15). The molecule has 0 saturated heterocycles. The van der Waals surface area contributed by atoms with E-state index in [-0.39, 0.29) is 0 Å². The van der Waals surface area contributed by atoms with Crippen molar-refractivity contribution in [2.24, 2.45) is 16.5 Å². The quantitative estimate of drug-likeness (QED) is 0.401. The normalized spacial score (nSPS) is 19.9. The van der Waals surface area contributed by atoms with Crippen LogP contribution in [0.3, 0.4) is 0 Å². The largest absolute Gasteiger partial charge is 0.480 e. The second kappa shape index (κ2) is 7.11. The Kier molecular flexibility index (Phi) is 5.76. The van der Waals surface area contributed by atoms with E-state index in [1.807, 2.05) is 0 Å². The number of hydrogen-bond acceptors (Lipinski definition) is 3. The van der Waals surface area contributed by atoms with E-state index in [0.29, 0.717) is 25.0 Å². The average Bonchev–Trinajstić information content (AvgIpc) is 2.30. The predicted octanol–water partition coefficient (Wildman–Crippen LogP) is 0.0254. The number of carboxylic acids is 1. The van der Waals surface area contributed by atoms with Crippen molar-refractivity contribution < 1.29 is 9.90 Å². The molecule has 0 amide bonds. The Morgan fingerprint density at radius 3 is 2.65 bits per heavy atom. The molecule has 0 aromatic rings. The van der Waals surface area contributed by atoms with Gasteiger partial charge in [0.25, 0.3) is 0 Å². The van der Waals surface area contributed by atoms with E-state index in [9.17, 15) is 4.79 Å². The van der Waals surface area contributed by atoms with Gasteiger partial charge in [-0.05, 0) is 19.3 Å². The minimum absolute atomic E-state index is 0.308. The molecular weight excluding hydrogens is 220 g/mol. The smallest absolute Gasteiger partial charge is 0.320 e. The first-order valence-corrected chi connectivity index (χ1v) is 6.14. The highest BCUT2D eigenvalue weighted by Gasteiger charge is 2.13. The number of guanidine groups is 1. The molecule has 98 valence electrons. The minimum Gasteiger partial charge on any atom is -0.480 e. The average molecular weight is 242 g/mol. The summed E-state index contributed by atoms with van der Waals surface area (Å²) in [6.45, 7) is 0.346. The first kappa shape index (κ1) is 13.8. The van der Waals surface area contributed by atoms with E-state index >= 15 is 0 Å². The van der Waals surface area contributed by atoms with Crippen molar-refractivity contribution in [3.8, 4) is 0 Å². The Balaban J connectivity index is 2.21. The Bertz CT molecular complexity index is 275. The molecule has 17 heavy (non-hydrogen) atoms. The van der Waals surface area contributed by atoms with Gasteiger partial charge in [-0.2, -0.15) is 0 Å². The summed E-state index contributed by atoms with van der Waals surface area (Å²) in [6, 6.07) is -0.443. The summed E-state index contributed by atoms with van der Waals surface area (Å²) in [7, 11) is 0. The Morgan fingerprint density at radius 1 is 1.41 bits per heavy atom. The topological polar surface area (TPSA) is 114 Å². The first-order valence-electron chi connectivity index (χ1n) is 6.14. The van der Waals surface area contributed by atoms with Crippen molar-refractivity contribution in [3.05, 3.63) is 0 Å². The van der Waals surface area contributed by atoms with Crippen LogP contribution >= 0.6 is 0 Å². The molecule has 6 nitrogen and oxygen atoms in total. The van der Waals surface area contributed by atoms with Gasteiger partial charge in [-0.15, -0.1) is 0 Å². The summed E-state index contributed by atoms with van der Waals surface area (Å²) in [4.78, 5) is 14.6. The number of nitrogens with zero attached hydrogens (tertiary/aromatic N) is 1. The van der Waals surface area contributed by atoms with Crippen molar-refractivity contribution in [2.75, 3.05) is 6.54 Å². The summed E-state index contributed by atoms with van der Waals surface area (Å²) >= 11 is 0. The molecule has 1 rings (SSSR count). The lowest BCUT2D eigenvalue weighted by molar-refractivity contribution is -0.138. The number of nitrogens with one attached hydrogen (secondary N) is 1. The Labute approximate surface area is 101 Å². The van der Waals surface area contributed by atoms with Gasteiger partial charge in [-0.3, -0.25) is 9.79 Å². The van der Waals surface area contributed by atoms with E-state index in [0.717, 1.165) is 12.8 Å². The van der Waals surface area contributed by atoms with Gasteiger partial charge in [0.2, 0.25) is 0 Å². The number of rotatable bonds is 5. The SMILES string of the molecule is NC(=NCCC(N)C(=O)O)NC1CCCCC1. The van der Waals surface area contributed by atoms with Gasteiger partial charge in [0.05, 0.1) is 0 Å². The Morgan fingerprint density at radius 2 is 2.06 bits per heavy atom. The summed E-state index contributed by atoms with van der Waals surface area (Å²) in [6.07, 6.45) is 6.32. The maximum Gasteiger partial charge on any atom is 0.320 e. The van der Waals surface area contributed by atoms with Gasteiger partial charge >= 0.3 is 5.97 Å². The van der Waals surface area contributed by atoms with Crippen LogP contribution in [0.25, 0.3) is 0 Å². The Hall–Kier alpha value is -1.30. The molecule has 1 saturated carbocycles. The molecule has 1 unspecified atom stereocenters. The van der Waals surface area contributed by atoms with Crippen LogP contribution in [-0.4, -0.2) is 35.7 Å². The molecule has 0 spiro atoms. The van der Waals surface area contributed by atoms with Crippen LogP contribution in [-0.2, 0) is 4.79 Å². The minimum atomic E-state index is -1.00. The number of aliphatic carboxylic acids is 1. The highest BCUT2D eigenvalue weighted by molar-refractivity contribution is 5.78. The highest BCUT2D eigenvalue weighted by Crippen LogP contribution is 2.16. The second-order valence-electron chi connectivity index (χ2n) is 4.48. The van der Waals surface area contributed by atoms with E-state index in [1.165, 1.54) is 19.3 Å². The molecule has 1 aliphatic rings. The number of carbonyl (C=O) groups is 1. The number of aliphatic imine (C=N–C) groups is 1. The molecule has 0 radical (unpaired) electrons. The second-order valence-corrected chi connectivity index (χ2v) is 4.48. The van der Waals surface area contributed by atoms with E-state index in [1.54, 1.807) is 0 Å². The zero-order valence-corrected chi connectivity index (χ0v) is 10.1. The van der Waals surface area contributed by atoms with Crippen LogP contribution in [0.15, 0.2) is 4.99 Å². The highest BCUT2D eigenvalue weighted by atomic mass is 16.4. The van der Waals surface area contributed by atoms with Crippen LogP contribution in [0.1, 0.15) is 38.5 Å². The molecular formula is C11H22N4O2. The molecule has 0 aromatic heterocycles. The third kappa shape index (κ3) is 5.53. The number of nitrogens with two attached hydrogens (primary N) is 2. The molecule has 0 aliphatic heterocycles. The molecule has 0 aromatic carbocycles. The van der Waals surface area contributed by atoms with Crippen molar-refractivity contribution in [2.45, 2.75) is 50.6 Å². The van der Waals surface area contributed by atoms with Crippen molar-refractivity contribution in [1.82, 2.24) is 5.32 Å². The lowest BCUT2D eigenvalue weighted by atomic mass is 9.96. The van der Waals surface area contributed by atoms with Gasteiger partial charge in [-0.1, -0.05) is 19.3 Å². The van der Waals surface area contributed by atoms with E-state index in [4.69, 9.17) is 16.6 Å². The van der Waals surface area contributed by atoms with Gasteiger partial charge in [0.15, 0.2) is 5.96 Å². The molecule has 0 heterocycles. The summed E-state index contributed by atoms with van der Waals surface area (Å²) in [5, 5.41) is 11.7. The summed E-state index contributed by atoms with van der Waals surface area (Å²) < 4.78 is 0. The monoisotopic (exact) mass is 242 g/mol. The summed E-state index contributed by atoms with van der Waals surface area (Å²) in [5.74, 6) is -0.603. The predicted molar refractivity (Wildman–Crippen MR) is 66.7 cm³/mol. The van der Waals surface area contributed by atoms with Gasteiger partial charge < -0.3 is 21.9 Å². The van der Waals surface area contributed by atoms with E-state index in [2.05, 4.69) is 10.3 Å². The molecule has 6 heteroatoms. The lowest BCUT2D eigenvalue weighted by Crippen LogP contribution is -2.41. The van der Waals surface area contributed by atoms with Crippen molar-refractivity contribution in [3.63, 3.8) is 0 Å². The third-order valence-corrected chi connectivity index (χ3v) is 3.00. The van der Waals surface area contributed by atoms with Crippen LogP contribution in [0.5, 0.6) is 0 Å². The van der Waals surface area contributed by atoms with Crippen molar-refractivity contribution in [1.29, 1.82) is 0 Å². The maximum atomic E-state index is 10.5. The fourth-order valence-electron chi connectivity index (χ4n) is 1.95. The molecule has 1 fully saturated rings. The molecule has 6 N–H and O–H groups in total. The van der Waals surface area contributed by atoms with Crippen LogP contribution in [0, 0.1) is 0 Å². The van der Waals surface area contributed by atoms with Gasteiger partial charge in [0.1, 0.15) is 6.04 Å². The lowest BCUT2D eigenvalue weighted by Gasteiger charge is -2.23. The molecule has 1 atom stereocenters. The fraction of sp³-hybridized carbons (Fsp3) is 0.818. The zero-order valence-electron chi connectivity index (χ0n) is 10.1. The van der Waals surface area contributed by atoms with Crippen LogP contribution < -0.4 is 16.8 Å². The van der Waals surface area contributed by atoms with Crippen LogP contribution in [0.2, 0.25) is 0 Å². The number of carboxylic acid groups (broad SMARTS) is 1. The molecule has 1 aliphatic carbocycles. The van der Waals surface area contributed by atoms with Gasteiger partial charge in [-0.25, -0.2) is 0 Å². The van der Waals surface area contributed by atoms with E-state index < -0.39 is 12.0 Å².